The molecule has 1 fully saturated rings. The highest BCUT2D eigenvalue weighted by atomic mass is 19.1. The number of aryl methyl sites for hydroxylation is 1. The van der Waals surface area contributed by atoms with Crippen molar-refractivity contribution in [3.8, 4) is 0 Å². The molecule has 1 aliphatic heterocycles. The van der Waals surface area contributed by atoms with Crippen molar-refractivity contribution < 1.29 is 9.13 Å². The van der Waals surface area contributed by atoms with E-state index in [0.29, 0.717) is 6.10 Å². The Kier molecular flexibility index (Phi) is 6.21. The lowest BCUT2D eigenvalue weighted by molar-refractivity contribution is 0.0678. The summed E-state index contributed by atoms with van der Waals surface area (Å²) in [6.45, 7) is 8.65. The van der Waals surface area contributed by atoms with Gasteiger partial charge >= 0.3 is 0 Å². The lowest BCUT2D eigenvalue weighted by atomic mass is 10.1. The Morgan fingerprint density at radius 1 is 1.28 bits per heavy atom. The van der Waals surface area contributed by atoms with Gasteiger partial charge in [0.1, 0.15) is 5.82 Å². The van der Waals surface area contributed by atoms with Crippen LogP contribution in [0, 0.1) is 12.7 Å². The fourth-order valence-electron chi connectivity index (χ4n) is 3.43. The van der Waals surface area contributed by atoms with Crippen LogP contribution in [0.3, 0.4) is 0 Å². The van der Waals surface area contributed by atoms with Crippen LogP contribution < -0.4 is 0 Å². The molecule has 25 heavy (non-hydrogen) atoms. The Morgan fingerprint density at radius 2 is 2.08 bits per heavy atom. The fourth-order valence-corrected chi connectivity index (χ4v) is 3.43. The standard InChI is InChI=1S/C20H28FN3O/c1-3-10-24-16(2)18(12-22-24)14-23(15-20-5-4-11-25-20)13-17-6-8-19(21)9-7-17/h6-9,12,20H,3-5,10-11,13-15H2,1-2H3/t20-/m0/s1. The third-order valence-corrected chi connectivity index (χ3v) is 4.84. The summed E-state index contributed by atoms with van der Waals surface area (Å²) in [5.74, 6) is -0.189. The quantitative estimate of drug-likeness (QED) is 0.726. The summed E-state index contributed by atoms with van der Waals surface area (Å²) in [5.41, 5.74) is 3.62. The van der Waals surface area contributed by atoms with Gasteiger partial charge in [0.05, 0.1) is 12.3 Å². The largest absolute Gasteiger partial charge is 0.377 e. The van der Waals surface area contributed by atoms with Crippen molar-refractivity contribution in [2.24, 2.45) is 0 Å². The molecule has 1 aromatic heterocycles. The molecule has 1 aromatic carbocycles. The number of nitrogens with zero attached hydrogens (tertiary/aromatic N) is 3. The minimum absolute atomic E-state index is 0.189. The van der Waals surface area contributed by atoms with E-state index >= 15 is 0 Å². The SMILES string of the molecule is CCCn1ncc(CN(Cc2ccc(F)cc2)C[C@@H]2CCCO2)c1C. The van der Waals surface area contributed by atoms with E-state index in [1.54, 1.807) is 0 Å². The Balaban J connectivity index is 1.72. The molecule has 0 radical (unpaired) electrons. The first kappa shape index (κ1) is 18.1. The lowest BCUT2D eigenvalue weighted by Crippen LogP contribution is -2.31. The molecule has 2 heterocycles. The van der Waals surface area contributed by atoms with Crippen LogP contribution in [0.1, 0.15) is 43.0 Å². The number of benzene rings is 1. The molecule has 0 N–H and O–H groups in total. The molecule has 0 bridgehead atoms. The summed E-state index contributed by atoms with van der Waals surface area (Å²) < 4.78 is 21.1. The third kappa shape index (κ3) is 4.89. The Morgan fingerprint density at radius 3 is 2.76 bits per heavy atom. The first-order chi connectivity index (χ1) is 12.2. The average Bonchev–Trinajstić information content (AvgIpc) is 3.22. The van der Waals surface area contributed by atoms with E-state index in [0.717, 1.165) is 57.6 Å². The maximum atomic E-state index is 13.2. The van der Waals surface area contributed by atoms with Crippen LogP contribution in [0.15, 0.2) is 30.5 Å². The van der Waals surface area contributed by atoms with E-state index in [-0.39, 0.29) is 5.82 Å². The van der Waals surface area contributed by atoms with Crippen molar-refractivity contribution in [2.75, 3.05) is 13.2 Å². The highest BCUT2D eigenvalue weighted by molar-refractivity contribution is 5.18. The summed E-state index contributed by atoms with van der Waals surface area (Å²) in [7, 11) is 0. The molecule has 0 amide bonds. The number of aromatic nitrogens is 2. The second-order valence-corrected chi connectivity index (χ2v) is 6.91. The highest BCUT2D eigenvalue weighted by Gasteiger charge is 2.21. The van der Waals surface area contributed by atoms with Gasteiger partial charge in [-0.3, -0.25) is 9.58 Å². The van der Waals surface area contributed by atoms with Gasteiger partial charge in [-0.15, -0.1) is 0 Å². The van der Waals surface area contributed by atoms with Crippen molar-refractivity contribution in [3.63, 3.8) is 0 Å². The summed E-state index contributed by atoms with van der Waals surface area (Å²) in [5, 5.41) is 4.52. The molecule has 1 atom stereocenters. The molecule has 4 nitrogen and oxygen atoms in total. The summed E-state index contributed by atoms with van der Waals surface area (Å²) in [6.07, 6.45) is 5.62. The van der Waals surface area contributed by atoms with Crippen LogP contribution in [0.4, 0.5) is 4.39 Å². The average molecular weight is 345 g/mol. The van der Waals surface area contributed by atoms with Gasteiger partial charge in [0.2, 0.25) is 0 Å². The van der Waals surface area contributed by atoms with Crippen LogP contribution in [0.5, 0.6) is 0 Å². The van der Waals surface area contributed by atoms with Crippen molar-refractivity contribution >= 4 is 0 Å². The van der Waals surface area contributed by atoms with Gasteiger partial charge in [-0.05, 0) is 43.9 Å². The predicted octanol–water partition coefficient (Wildman–Crippen LogP) is 3.92. The van der Waals surface area contributed by atoms with Crippen molar-refractivity contribution in [1.29, 1.82) is 0 Å². The second kappa shape index (κ2) is 8.59. The number of hydrogen-bond acceptors (Lipinski definition) is 3. The van der Waals surface area contributed by atoms with E-state index in [4.69, 9.17) is 4.74 Å². The van der Waals surface area contributed by atoms with Gasteiger partial charge in [-0.25, -0.2) is 4.39 Å². The summed E-state index contributed by atoms with van der Waals surface area (Å²) in [4.78, 5) is 2.39. The topological polar surface area (TPSA) is 30.3 Å². The molecule has 1 aliphatic rings. The van der Waals surface area contributed by atoms with E-state index in [2.05, 4.69) is 28.5 Å². The second-order valence-electron chi connectivity index (χ2n) is 6.91. The summed E-state index contributed by atoms with van der Waals surface area (Å²) in [6, 6.07) is 6.80. The molecule has 0 aliphatic carbocycles. The number of halogens is 1. The van der Waals surface area contributed by atoms with Crippen LogP contribution in [0.2, 0.25) is 0 Å². The molecule has 0 unspecified atom stereocenters. The predicted molar refractivity (Wildman–Crippen MR) is 96.7 cm³/mol. The normalized spacial score (nSPS) is 17.5. The van der Waals surface area contributed by atoms with Gasteiger partial charge in [0.15, 0.2) is 0 Å². The zero-order valence-corrected chi connectivity index (χ0v) is 15.2. The van der Waals surface area contributed by atoms with Crippen LogP contribution >= 0.6 is 0 Å². The molecule has 5 heteroatoms. The van der Waals surface area contributed by atoms with E-state index in [1.807, 2.05) is 18.3 Å². The Bertz CT molecular complexity index is 662. The molecule has 136 valence electrons. The molecular formula is C20H28FN3O. The Labute approximate surface area is 149 Å². The number of rotatable bonds is 8. The molecular weight excluding hydrogens is 317 g/mol. The smallest absolute Gasteiger partial charge is 0.123 e. The van der Waals surface area contributed by atoms with E-state index in [1.165, 1.54) is 23.4 Å². The van der Waals surface area contributed by atoms with Crippen LogP contribution in [0.25, 0.3) is 0 Å². The van der Waals surface area contributed by atoms with E-state index < -0.39 is 0 Å². The van der Waals surface area contributed by atoms with Gasteiger partial charge in [-0.1, -0.05) is 19.1 Å². The van der Waals surface area contributed by atoms with Gasteiger partial charge < -0.3 is 4.74 Å². The lowest BCUT2D eigenvalue weighted by Gasteiger charge is -2.25. The Hall–Kier alpha value is -1.72. The maximum absolute atomic E-state index is 13.2. The zero-order chi connectivity index (χ0) is 17.6. The minimum atomic E-state index is -0.189. The first-order valence-electron chi connectivity index (χ1n) is 9.25. The monoisotopic (exact) mass is 345 g/mol. The molecule has 0 spiro atoms. The molecule has 0 saturated carbocycles. The van der Waals surface area contributed by atoms with Crippen molar-refractivity contribution in [3.05, 3.63) is 53.1 Å². The third-order valence-electron chi connectivity index (χ3n) is 4.84. The van der Waals surface area contributed by atoms with Crippen LogP contribution in [-0.2, 0) is 24.4 Å². The number of hydrogen-bond donors (Lipinski definition) is 0. The molecule has 2 aromatic rings. The van der Waals surface area contributed by atoms with Gasteiger partial charge in [0, 0.05) is 44.0 Å². The zero-order valence-electron chi connectivity index (χ0n) is 15.2. The molecule has 3 rings (SSSR count). The number of ether oxygens (including phenoxy) is 1. The van der Waals surface area contributed by atoms with Crippen molar-refractivity contribution in [2.45, 2.75) is 58.8 Å². The van der Waals surface area contributed by atoms with E-state index in [9.17, 15) is 4.39 Å². The van der Waals surface area contributed by atoms with Gasteiger partial charge in [-0.2, -0.15) is 5.10 Å². The molecule has 1 saturated heterocycles. The van der Waals surface area contributed by atoms with Crippen LogP contribution in [-0.4, -0.2) is 33.9 Å². The van der Waals surface area contributed by atoms with Gasteiger partial charge in [0.25, 0.3) is 0 Å². The van der Waals surface area contributed by atoms with Crippen molar-refractivity contribution in [1.82, 2.24) is 14.7 Å². The summed E-state index contributed by atoms with van der Waals surface area (Å²) >= 11 is 0. The maximum Gasteiger partial charge on any atom is 0.123 e. The fraction of sp³-hybridized carbons (Fsp3) is 0.550. The minimum Gasteiger partial charge on any atom is -0.377 e. The first-order valence-corrected chi connectivity index (χ1v) is 9.25. The highest BCUT2D eigenvalue weighted by Crippen LogP contribution is 2.19.